The molecule has 5 nitrogen and oxygen atoms in total. The van der Waals surface area contributed by atoms with E-state index >= 15 is 0 Å². The third kappa shape index (κ3) is 3.27. The first-order chi connectivity index (χ1) is 9.08. The van der Waals surface area contributed by atoms with Gasteiger partial charge in [0.2, 0.25) is 0 Å². The molecule has 0 aliphatic heterocycles. The van der Waals surface area contributed by atoms with Crippen molar-refractivity contribution in [2.75, 3.05) is 5.73 Å². The molecular formula is C13H18FN5. The molecule has 0 saturated carbocycles. The van der Waals surface area contributed by atoms with E-state index in [2.05, 4.69) is 29.4 Å². The van der Waals surface area contributed by atoms with Crippen LogP contribution >= 0.6 is 0 Å². The number of anilines is 1. The predicted octanol–water partition coefficient (Wildman–Crippen LogP) is 2.50. The Morgan fingerprint density at radius 2 is 2.16 bits per heavy atom. The number of hydrogen-bond donors (Lipinski definition) is 1. The van der Waals surface area contributed by atoms with Crippen molar-refractivity contribution in [1.82, 2.24) is 20.2 Å². The van der Waals surface area contributed by atoms with Gasteiger partial charge in [-0.15, -0.1) is 5.10 Å². The molecule has 0 bridgehead atoms. The van der Waals surface area contributed by atoms with Gasteiger partial charge in [-0.1, -0.05) is 13.8 Å². The lowest BCUT2D eigenvalue weighted by atomic mass is 10.1. The van der Waals surface area contributed by atoms with Gasteiger partial charge < -0.3 is 5.73 Å². The fourth-order valence-corrected chi connectivity index (χ4v) is 1.92. The molecule has 102 valence electrons. The Morgan fingerprint density at radius 1 is 1.37 bits per heavy atom. The second-order valence-electron chi connectivity index (χ2n) is 4.99. The summed E-state index contributed by atoms with van der Waals surface area (Å²) in [4.78, 5) is 0. The van der Waals surface area contributed by atoms with Crippen molar-refractivity contribution in [2.24, 2.45) is 5.92 Å². The number of aryl methyl sites for hydroxylation is 1. The first-order valence-electron chi connectivity index (χ1n) is 6.39. The standard InChI is InChI=1S/C13H18FN5/c1-9(2)4-3-7-19-13(16-17-18-19)11-8-10(14)5-6-12(11)15/h5-6,8-9H,3-4,7,15H2,1-2H3. The number of nitrogens with zero attached hydrogens (tertiary/aromatic N) is 4. The van der Waals surface area contributed by atoms with Crippen LogP contribution < -0.4 is 5.73 Å². The summed E-state index contributed by atoms with van der Waals surface area (Å²) < 4.78 is 15.0. The lowest BCUT2D eigenvalue weighted by molar-refractivity contribution is 0.485. The number of tetrazole rings is 1. The van der Waals surface area contributed by atoms with E-state index in [0.717, 1.165) is 12.8 Å². The molecule has 0 amide bonds. The molecule has 0 radical (unpaired) electrons. The van der Waals surface area contributed by atoms with Crippen LogP contribution in [0.15, 0.2) is 18.2 Å². The highest BCUT2D eigenvalue weighted by Crippen LogP contribution is 2.24. The van der Waals surface area contributed by atoms with Gasteiger partial charge in [-0.05, 0) is 47.4 Å². The summed E-state index contributed by atoms with van der Waals surface area (Å²) in [7, 11) is 0. The van der Waals surface area contributed by atoms with Crippen LogP contribution in [-0.4, -0.2) is 20.2 Å². The van der Waals surface area contributed by atoms with Crippen molar-refractivity contribution < 1.29 is 4.39 Å². The number of nitrogens with two attached hydrogens (primary N) is 1. The zero-order valence-electron chi connectivity index (χ0n) is 11.2. The number of halogens is 1. The highest BCUT2D eigenvalue weighted by molar-refractivity contribution is 5.71. The number of nitrogen functional groups attached to an aromatic ring is 1. The third-order valence-electron chi connectivity index (χ3n) is 2.94. The van der Waals surface area contributed by atoms with Gasteiger partial charge >= 0.3 is 0 Å². The predicted molar refractivity (Wildman–Crippen MR) is 71.7 cm³/mol. The summed E-state index contributed by atoms with van der Waals surface area (Å²) in [5, 5.41) is 11.5. The molecule has 2 aromatic rings. The molecule has 0 aliphatic carbocycles. The second kappa shape index (κ2) is 5.77. The molecule has 6 heteroatoms. The molecule has 0 atom stereocenters. The van der Waals surface area contributed by atoms with E-state index in [9.17, 15) is 4.39 Å². The molecule has 19 heavy (non-hydrogen) atoms. The van der Waals surface area contributed by atoms with Crippen molar-refractivity contribution in [3.8, 4) is 11.4 Å². The third-order valence-corrected chi connectivity index (χ3v) is 2.94. The van der Waals surface area contributed by atoms with Crippen LogP contribution in [0.2, 0.25) is 0 Å². The Balaban J connectivity index is 2.21. The summed E-state index contributed by atoms with van der Waals surface area (Å²) in [6, 6.07) is 4.21. The van der Waals surface area contributed by atoms with Gasteiger partial charge in [-0.2, -0.15) is 0 Å². The minimum Gasteiger partial charge on any atom is -0.398 e. The van der Waals surface area contributed by atoms with Crippen molar-refractivity contribution in [3.63, 3.8) is 0 Å². The van der Waals surface area contributed by atoms with E-state index < -0.39 is 0 Å². The summed E-state index contributed by atoms with van der Waals surface area (Å²) in [5.74, 6) is 0.806. The van der Waals surface area contributed by atoms with Crippen LogP contribution in [0.4, 0.5) is 10.1 Å². The molecule has 2 rings (SSSR count). The van der Waals surface area contributed by atoms with Crippen LogP contribution in [-0.2, 0) is 6.54 Å². The number of aromatic nitrogens is 4. The van der Waals surface area contributed by atoms with Crippen LogP contribution in [0.5, 0.6) is 0 Å². The summed E-state index contributed by atoms with van der Waals surface area (Å²) in [6.07, 6.45) is 2.07. The smallest absolute Gasteiger partial charge is 0.184 e. The number of rotatable bonds is 5. The molecule has 1 heterocycles. The van der Waals surface area contributed by atoms with Crippen LogP contribution in [0.25, 0.3) is 11.4 Å². The normalized spacial score (nSPS) is 11.2. The lowest BCUT2D eigenvalue weighted by Gasteiger charge is -2.08. The van der Waals surface area contributed by atoms with Crippen LogP contribution in [0.1, 0.15) is 26.7 Å². The van der Waals surface area contributed by atoms with Gasteiger partial charge in [-0.3, -0.25) is 0 Å². The van der Waals surface area contributed by atoms with Crippen molar-refractivity contribution in [3.05, 3.63) is 24.0 Å². The van der Waals surface area contributed by atoms with Gasteiger partial charge in [-0.25, -0.2) is 9.07 Å². The van der Waals surface area contributed by atoms with Crippen molar-refractivity contribution in [1.29, 1.82) is 0 Å². The van der Waals surface area contributed by atoms with E-state index in [1.807, 2.05) is 0 Å². The second-order valence-corrected chi connectivity index (χ2v) is 4.99. The Kier molecular flexibility index (Phi) is 4.09. The Morgan fingerprint density at radius 3 is 2.89 bits per heavy atom. The fraction of sp³-hybridized carbons (Fsp3) is 0.462. The summed E-state index contributed by atoms with van der Waals surface area (Å²) >= 11 is 0. The largest absolute Gasteiger partial charge is 0.398 e. The number of benzene rings is 1. The van der Waals surface area contributed by atoms with E-state index in [0.29, 0.717) is 29.5 Å². The molecule has 0 fully saturated rings. The molecule has 1 aromatic carbocycles. The monoisotopic (exact) mass is 263 g/mol. The molecule has 2 N–H and O–H groups in total. The lowest BCUT2D eigenvalue weighted by Crippen LogP contribution is -2.05. The van der Waals surface area contributed by atoms with E-state index in [1.165, 1.54) is 18.2 Å². The van der Waals surface area contributed by atoms with E-state index in [-0.39, 0.29) is 5.82 Å². The Bertz CT molecular complexity index is 550. The fourth-order valence-electron chi connectivity index (χ4n) is 1.92. The molecule has 0 unspecified atom stereocenters. The maximum Gasteiger partial charge on any atom is 0.184 e. The maximum absolute atomic E-state index is 13.3. The van der Waals surface area contributed by atoms with Crippen molar-refractivity contribution in [2.45, 2.75) is 33.2 Å². The molecule has 0 aliphatic rings. The first-order valence-corrected chi connectivity index (χ1v) is 6.39. The van der Waals surface area contributed by atoms with Gasteiger partial charge in [0.25, 0.3) is 0 Å². The minimum atomic E-state index is -0.346. The van der Waals surface area contributed by atoms with Gasteiger partial charge in [0, 0.05) is 17.8 Å². The Hall–Kier alpha value is -1.98. The summed E-state index contributed by atoms with van der Waals surface area (Å²) in [6.45, 7) is 5.05. The zero-order valence-corrected chi connectivity index (χ0v) is 11.2. The zero-order chi connectivity index (χ0) is 13.8. The SMILES string of the molecule is CC(C)CCCn1nnnc1-c1cc(F)ccc1N. The average Bonchev–Trinajstić information content (AvgIpc) is 2.80. The molecule has 1 aromatic heterocycles. The average molecular weight is 263 g/mol. The highest BCUT2D eigenvalue weighted by atomic mass is 19.1. The topological polar surface area (TPSA) is 69.6 Å². The first kappa shape index (κ1) is 13.5. The van der Waals surface area contributed by atoms with Gasteiger partial charge in [0.05, 0.1) is 0 Å². The van der Waals surface area contributed by atoms with Crippen molar-refractivity contribution >= 4 is 5.69 Å². The molecule has 0 spiro atoms. The quantitative estimate of drug-likeness (QED) is 0.841. The molecule has 0 saturated heterocycles. The summed E-state index contributed by atoms with van der Waals surface area (Å²) in [5.41, 5.74) is 6.86. The highest BCUT2D eigenvalue weighted by Gasteiger charge is 2.12. The maximum atomic E-state index is 13.3. The van der Waals surface area contributed by atoms with Crippen LogP contribution in [0, 0.1) is 11.7 Å². The van der Waals surface area contributed by atoms with E-state index in [1.54, 1.807) is 4.68 Å². The van der Waals surface area contributed by atoms with Gasteiger partial charge in [0.15, 0.2) is 5.82 Å². The van der Waals surface area contributed by atoms with E-state index in [4.69, 9.17) is 5.73 Å². The Labute approximate surface area is 111 Å². The minimum absolute atomic E-state index is 0.346. The van der Waals surface area contributed by atoms with Crippen LogP contribution in [0.3, 0.4) is 0 Å². The number of hydrogen-bond acceptors (Lipinski definition) is 4. The molecular weight excluding hydrogens is 245 g/mol. The van der Waals surface area contributed by atoms with Gasteiger partial charge in [0.1, 0.15) is 5.82 Å².